The molecule has 2 unspecified atom stereocenters. The van der Waals surface area contributed by atoms with Crippen LogP contribution in [0.3, 0.4) is 0 Å². The summed E-state index contributed by atoms with van der Waals surface area (Å²) in [6, 6.07) is 8.08. The van der Waals surface area contributed by atoms with Gasteiger partial charge in [-0.1, -0.05) is 24.3 Å². The standard InChI is InChI=1S/C14H14O3/c1-13-8-9-14(17-16-13,7-4-10-15)12-6-3-2-5-11(12)13/h2-3,5-6,8-10H,4,7H2,1H3. The second-order valence-electron chi connectivity index (χ2n) is 4.75. The van der Waals surface area contributed by atoms with Crippen molar-refractivity contribution in [3.63, 3.8) is 0 Å². The van der Waals surface area contributed by atoms with Gasteiger partial charge >= 0.3 is 0 Å². The molecule has 2 bridgehead atoms. The third kappa shape index (κ3) is 1.39. The molecule has 0 saturated heterocycles. The van der Waals surface area contributed by atoms with E-state index in [1.54, 1.807) is 0 Å². The summed E-state index contributed by atoms with van der Waals surface area (Å²) in [5, 5.41) is 0. The Bertz CT molecular complexity index is 494. The smallest absolute Gasteiger partial charge is 0.148 e. The molecule has 2 aliphatic heterocycles. The van der Waals surface area contributed by atoms with Crippen LogP contribution in [0.5, 0.6) is 0 Å². The third-order valence-corrected chi connectivity index (χ3v) is 3.59. The molecule has 3 nitrogen and oxygen atoms in total. The van der Waals surface area contributed by atoms with E-state index in [2.05, 4.69) is 6.07 Å². The largest absolute Gasteiger partial charge is 0.303 e. The van der Waals surface area contributed by atoms with Gasteiger partial charge in [-0.15, -0.1) is 0 Å². The Hall–Kier alpha value is -1.45. The Balaban J connectivity index is 2.13. The summed E-state index contributed by atoms with van der Waals surface area (Å²) in [5.74, 6) is 0. The van der Waals surface area contributed by atoms with Gasteiger partial charge in [0, 0.05) is 6.42 Å². The fraction of sp³-hybridized carbons (Fsp3) is 0.357. The van der Waals surface area contributed by atoms with Gasteiger partial charge in [0.2, 0.25) is 0 Å². The van der Waals surface area contributed by atoms with Gasteiger partial charge in [0.1, 0.15) is 17.5 Å². The molecule has 2 heterocycles. The van der Waals surface area contributed by atoms with Crippen LogP contribution < -0.4 is 0 Å². The molecular formula is C14H14O3. The van der Waals surface area contributed by atoms with Crippen LogP contribution in [0.25, 0.3) is 0 Å². The van der Waals surface area contributed by atoms with E-state index in [-0.39, 0.29) is 0 Å². The fourth-order valence-electron chi connectivity index (χ4n) is 2.60. The summed E-state index contributed by atoms with van der Waals surface area (Å²) in [5.41, 5.74) is 1.15. The number of carbonyl (C=O) groups is 1. The monoisotopic (exact) mass is 230 g/mol. The van der Waals surface area contributed by atoms with Crippen molar-refractivity contribution < 1.29 is 14.6 Å². The summed E-state index contributed by atoms with van der Waals surface area (Å²) in [7, 11) is 0. The number of rotatable bonds is 3. The van der Waals surface area contributed by atoms with Gasteiger partial charge in [0.25, 0.3) is 0 Å². The lowest BCUT2D eigenvalue weighted by molar-refractivity contribution is -0.420. The molecule has 1 aromatic carbocycles. The zero-order valence-electron chi connectivity index (χ0n) is 9.68. The first kappa shape index (κ1) is 10.7. The molecule has 0 fully saturated rings. The van der Waals surface area contributed by atoms with E-state index in [4.69, 9.17) is 9.78 Å². The number of fused-ring (bicyclic) bond motifs is 1. The number of benzene rings is 1. The number of aldehydes is 1. The van der Waals surface area contributed by atoms with Gasteiger partial charge in [0.05, 0.1) is 0 Å². The van der Waals surface area contributed by atoms with Gasteiger partial charge in [-0.05, 0) is 36.6 Å². The molecule has 2 atom stereocenters. The highest BCUT2D eigenvalue weighted by atomic mass is 17.2. The molecule has 0 spiro atoms. The van der Waals surface area contributed by atoms with Crippen LogP contribution in [0.4, 0.5) is 0 Å². The first-order valence-electron chi connectivity index (χ1n) is 5.81. The molecule has 0 N–H and O–H groups in total. The van der Waals surface area contributed by atoms with Gasteiger partial charge in [0.15, 0.2) is 0 Å². The van der Waals surface area contributed by atoms with E-state index < -0.39 is 11.2 Å². The first-order chi connectivity index (χ1) is 8.20. The Labute approximate surface area is 100.0 Å². The first-order valence-corrected chi connectivity index (χ1v) is 5.81. The van der Waals surface area contributed by atoms with Crippen LogP contribution in [0.1, 0.15) is 30.9 Å². The molecule has 3 heteroatoms. The molecule has 0 saturated carbocycles. The SMILES string of the molecule is CC12C=CC(CCC=O)(OO1)c1ccccc12. The molecule has 1 aliphatic carbocycles. The van der Waals surface area contributed by atoms with Crippen molar-refractivity contribution in [2.45, 2.75) is 31.0 Å². The minimum Gasteiger partial charge on any atom is -0.303 e. The van der Waals surface area contributed by atoms with Crippen molar-refractivity contribution in [2.24, 2.45) is 0 Å². The second kappa shape index (κ2) is 3.52. The average molecular weight is 230 g/mol. The molecule has 1 aromatic rings. The van der Waals surface area contributed by atoms with E-state index in [0.717, 1.165) is 17.4 Å². The predicted molar refractivity (Wildman–Crippen MR) is 62.1 cm³/mol. The zero-order valence-corrected chi connectivity index (χ0v) is 9.68. The number of hydrogen-bond donors (Lipinski definition) is 0. The predicted octanol–water partition coefficient (Wildman–Crippen LogP) is 2.61. The van der Waals surface area contributed by atoms with Gasteiger partial charge in [-0.2, -0.15) is 0 Å². The third-order valence-electron chi connectivity index (χ3n) is 3.59. The van der Waals surface area contributed by atoms with Gasteiger partial charge < -0.3 is 4.79 Å². The van der Waals surface area contributed by atoms with Gasteiger partial charge in [-0.25, -0.2) is 9.78 Å². The highest BCUT2D eigenvalue weighted by Gasteiger charge is 2.49. The maximum Gasteiger partial charge on any atom is 0.148 e. The topological polar surface area (TPSA) is 35.5 Å². The molecule has 3 aliphatic rings. The highest BCUT2D eigenvalue weighted by molar-refractivity contribution is 5.52. The minimum absolute atomic E-state index is 0.457. The molecule has 88 valence electrons. The van der Waals surface area contributed by atoms with E-state index in [9.17, 15) is 4.79 Å². The second-order valence-corrected chi connectivity index (χ2v) is 4.75. The van der Waals surface area contributed by atoms with Crippen LogP contribution in [0.2, 0.25) is 0 Å². The van der Waals surface area contributed by atoms with Crippen LogP contribution in [-0.2, 0) is 25.8 Å². The fourth-order valence-corrected chi connectivity index (χ4v) is 2.60. The maximum atomic E-state index is 10.6. The normalized spacial score (nSPS) is 33.5. The molecule has 17 heavy (non-hydrogen) atoms. The minimum atomic E-state index is -0.588. The van der Waals surface area contributed by atoms with Crippen molar-refractivity contribution in [3.05, 3.63) is 47.5 Å². The summed E-state index contributed by atoms with van der Waals surface area (Å²) >= 11 is 0. The van der Waals surface area contributed by atoms with E-state index in [1.165, 1.54) is 0 Å². The average Bonchev–Trinajstić information content (AvgIpc) is 2.39. The summed E-state index contributed by atoms with van der Waals surface area (Å²) in [6.07, 6.45) is 6.02. The van der Waals surface area contributed by atoms with Crippen molar-refractivity contribution in [1.82, 2.24) is 0 Å². The zero-order chi connectivity index (χ0) is 11.9. The highest BCUT2D eigenvalue weighted by Crippen LogP contribution is 2.50. The van der Waals surface area contributed by atoms with Crippen LogP contribution in [0.15, 0.2) is 36.4 Å². The van der Waals surface area contributed by atoms with E-state index in [0.29, 0.717) is 12.8 Å². The Morgan fingerprint density at radius 2 is 1.94 bits per heavy atom. The Morgan fingerprint density at radius 1 is 1.18 bits per heavy atom. The van der Waals surface area contributed by atoms with Crippen molar-refractivity contribution in [3.8, 4) is 0 Å². The van der Waals surface area contributed by atoms with E-state index >= 15 is 0 Å². The lowest BCUT2D eigenvalue weighted by Gasteiger charge is -2.46. The van der Waals surface area contributed by atoms with Crippen molar-refractivity contribution in [1.29, 1.82) is 0 Å². The lowest BCUT2D eigenvalue weighted by Crippen LogP contribution is -2.45. The molecule has 0 radical (unpaired) electrons. The molecule has 4 rings (SSSR count). The molecular weight excluding hydrogens is 216 g/mol. The number of hydrogen-bond acceptors (Lipinski definition) is 3. The van der Waals surface area contributed by atoms with Crippen LogP contribution in [-0.4, -0.2) is 6.29 Å². The van der Waals surface area contributed by atoms with Crippen molar-refractivity contribution >= 4 is 6.29 Å². The van der Waals surface area contributed by atoms with Gasteiger partial charge in [-0.3, -0.25) is 0 Å². The van der Waals surface area contributed by atoms with Crippen LogP contribution >= 0.6 is 0 Å². The maximum absolute atomic E-state index is 10.6. The quantitative estimate of drug-likeness (QED) is 0.455. The Morgan fingerprint density at radius 3 is 2.59 bits per heavy atom. The Kier molecular flexibility index (Phi) is 2.21. The van der Waals surface area contributed by atoms with Crippen molar-refractivity contribution in [2.75, 3.05) is 0 Å². The van der Waals surface area contributed by atoms with Crippen LogP contribution in [0, 0.1) is 0 Å². The lowest BCUT2D eigenvalue weighted by atomic mass is 9.74. The molecule has 0 aromatic heterocycles. The van der Waals surface area contributed by atoms with E-state index in [1.807, 2.05) is 37.3 Å². The number of carbonyl (C=O) groups excluding carboxylic acids is 1. The summed E-state index contributed by atoms with van der Waals surface area (Å²) in [6.45, 7) is 1.98. The summed E-state index contributed by atoms with van der Waals surface area (Å²) in [4.78, 5) is 21.6. The summed E-state index contributed by atoms with van der Waals surface area (Å²) < 4.78 is 0. The molecule has 0 amide bonds.